The molecule has 0 spiro atoms. The quantitative estimate of drug-likeness (QED) is 0.771. The third-order valence-corrected chi connectivity index (χ3v) is 4.46. The number of esters is 1. The second kappa shape index (κ2) is 6.09. The number of hydrogen-bond acceptors (Lipinski definition) is 5. The van der Waals surface area contributed by atoms with Crippen LogP contribution >= 0.6 is 0 Å². The van der Waals surface area contributed by atoms with Gasteiger partial charge in [-0.1, -0.05) is 0 Å². The number of methoxy groups -OCH3 is 1. The van der Waals surface area contributed by atoms with Crippen molar-refractivity contribution in [1.82, 2.24) is 4.31 Å². The average molecular weight is 291 g/mol. The molecule has 0 unspecified atom stereocenters. The van der Waals surface area contributed by atoms with E-state index in [1.807, 2.05) is 0 Å². The van der Waals surface area contributed by atoms with Gasteiger partial charge in [-0.25, -0.2) is 12.8 Å². The number of halogens is 1. The molecule has 0 aliphatic heterocycles. The summed E-state index contributed by atoms with van der Waals surface area (Å²) in [7, 11) is -1.79. The standard InChI is InChI=1S/C11H14FNO5S/c1-13(10(7-14)11(15)18-2)19(16,17)9-5-3-8(12)4-6-9/h3-6,10,14H,7H2,1-2H3/t10-/m0/s1. The van der Waals surface area contributed by atoms with Crippen molar-refractivity contribution in [3.63, 3.8) is 0 Å². The Morgan fingerprint density at radius 1 is 1.42 bits per heavy atom. The second-order valence-corrected chi connectivity index (χ2v) is 5.69. The summed E-state index contributed by atoms with van der Waals surface area (Å²) in [5, 5.41) is 9.09. The minimum absolute atomic E-state index is 0.182. The Balaban J connectivity index is 3.11. The van der Waals surface area contributed by atoms with Crippen molar-refractivity contribution in [2.45, 2.75) is 10.9 Å². The number of hydrogen-bond donors (Lipinski definition) is 1. The van der Waals surface area contributed by atoms with Gasteiger partial charge in [-0.15, -0.1) is 0 Å². The molecular formula is C11H14FNO5S. The first-order valence-electron chi connectivity index (χ1n) is 5.27. The number of benzene rings is 1. The molecule has 0 aliphatic carbocycles. The Labute approximate surface area is 110 Å². The lowest BCUT2D eigenvalue weighted by atomic mass is 10.3. The molecule has 1 aromatic carbocycles. The van der Waals surface area contributed by atoms with E-state index in [2.05, 4.69) is 4.74 Å². The SMILES string of the molecule is COC(=O)[C@H](CO)N(C)S(=O)(=O)c1ccc(F)cc1. The third-order valence-electron chi connectivity index (χ3n) is 2.58. The molecule has 0 amide bonds. The zero-order valence-electron chi connectivity index (χ0n) is 10.4. The minimum Gasteiger partial charge on any atom is -0.468 e. The number of carbonyl (C=O) groups excluding carboxylic acids is 1. The Bertz CT molecular complexity index is 543. The number of likely N-dealkylation sites (N-methyl/N-ethyl adjacent to an activating group) is 1. The lowest BCUT2D eigenvalue weighted by molar-refractivity contribution is -0.146. The fourth-order valence-electron chi connectivity index (χ4n) is 1.41. The van der Waals surface area contributed by atoms with Crippen LogP contribution in [0.15, 0.2) is 29.2 Å². The minimum atomic E-state index is -4.02. The van der Waals surface area contributed by atoms with Gasteiger partial charge in [0.25, 0.3) is 0 Å². The summed E-state index contributed by atoms with van der Waals surface area (Å²) in [5.41, 5.74) is 0. The number of sulfonamides is 1. The highest BCUT2D eigenvalue weighted by Crippen LogP contribution is 2.17. The van der Waals surface area contributed by atoms with E-state index in [-0.39, 0.29) is 4.90 Å². The van der Waals surface area contributed by atoms with Crippen molar-refractivity contribution in [1.29, 1.82) is 0 Å². The van der Waals surface area contributed by atoms with Crippen LogP contribution in [0.2, 0.25) is 0 Å². The van der Waals surface area contributed by atoms with Crippen molar-refractivity contribution in [2.24, 2.45) is 0 Å². The van der Waals surface area contributed by atoms with Crippen LogP contribution in [0.1, 0.15) is 0 Å². The Hall–Kier alpha value is -1.51. The predicted octanol–water partition coefficient (Wildman–Crippen LogP) is -0.0199. The topological polar surface area (TPSA) is 83.9 Å². The van der Waals surface area contributed by atoms with Crippen LogP contribution in [0, 0.1) is 5.82 Å². The molecule has 1 N–H and O–H groups in total. The second-order valence-electron chi connectivity index (χ2n) is 3.70. The zero-order chi connectivity index (χ0) is 14.6. The molecule has 0 saturated carbocycles. The molecule has 0 heterocycles. The van der Waals surface area contributed by atoms with Gasteiger partial charge in [0.2, 0.25) is 10.0 Å². The molecule has 106 valence electrons. The van der Waals surface area contributed by atoms with E-state index in [4.69, 9.17) is 5.11 Å². The van der Waals surface area contributed by atoms with E-state index in [0.717, 1.165) is 38.4 Å². The summed E-state index contributed by atoms with van der Waals surface area (Å²) in [6.07, 6.45) is 0. The van der Waals surface area contributed by atoms with E-state index >= 15 is 0 Å². The van der Waals surface area contributed by atoms with Gasteiger partial charge in [0, 0.05) is 7.05 Å². The van der Waals surface area contributed by atoms with Gasteiger partial charge in [-0.3, -0.25) is 4.79 Å². The number of aliphatic hydroxyl groups excluding tert-OH is 1. The molecule has 0 bridgehead atoms. The lowest BCUT2D eigenvalue weighted by Gasteiger charge is -2.23. The van der Waals surface area contributed by atoms with Gasteiger partial charge in [0.1, 0.15) is 11.9 Å². The van der Waals surface area contributed by atoms with Crippen LogP contribution in [0.4, 0.5) is 4.39 Å². The summed E-state index contributed by atoms with van der Waals surface area (Å²) >= 11 is 0. The molecular weight excluding hydrogens is 277 g/mol. The van der Waals surface area contributed by atoms with Crippen LogP contribution in [0.25, 0.3) is 0 Å². The molecule has 0 saturated heterocycles. The molecule has 0 aromatic heterocycles. The Morgan fingerprint density at radius 3 is 2.37 bits per heavy atom. The molecule has 0 aliphatic rings. The number of rotatable bonds is 5. The van der Waals surface area contributed by atoms with E-state index in [9.17, 15) is 17.6 Å². The monoisotopic (exact) mass is 291 g/mol. The average Bonchev–Trinajstić information content (AvgIpc) is 2.39. The van der Waals surface area contributed by atoms with Gasteiger partial charge in [0.15, 0.2) is 0 Å². The van der Waals surface area contributed by atoms with Crippen LogP contribution in [0.5, 0.6) is 0 Å². The maximum absolute atomic E-state index is 12.8. The van der Waals surface area contributed by atoms with Gasteiger partial charge >= 0.3 is 5.97 Å². The number of carbonyl (C=O) groups is 1. The van der Waals surface area contributed by atoms with E-state index in [0.29, 0.717) is 4.31 Å². The van der Waals surface area contributed by atoms with Crippen LogP contribution in [0.3, 0.4) is 0 Å². The molecule has 8 heteroatoms. The maximum atomic E-state index is 12.8. The number of ether oxygens (including phenoxy) is 1. The van der Waals surface area contributed by atoms with E-state index in [1.165, 1.54) is 0 Å². The summed E-state index contributed by atoms with van der Waals surface area (Å²) in [4.78, 5) is 11.2. The Morgan fingerprint density at radius 2 is 1.95 bits per heavy atom. The smallest absolute Gasteiger partial charge is 0.326 e. The van der Waals surface area contributed by atoms with Gasteiger partial charge < -0.3 is 9.84 Å². The highest BCUT2D eigenvalue weighted by molar-refractivity contribution is 7.89. The molecule has 0 radical (unpaired) electrons. The summed E-state index contributed by atoms with van der Waals surface area (Å²) in [6.45, 7) is -0.719. The van der Waals surface area contributed by atoms with E-state index < -0.39 is 34.5 Å². The number of aliphatic hydroxyl groups is 1. The highest BCUT2D eigenvalue weighted by Gasteiger charge is 2.33. The fourth-order valence-corrected chi connectivity index (χ4v) is 2.71. The molecule has 1 rings (SSSR count). The summed E-state index contributed by atoms with van der Waals surface area (Å²) in [5.74, 6) is -1.45. The van der Waals surface area contributed by atoms with Crippen LogP contribution in [-0.4, -0.2) is 50.6 Å². The van der Waals surface area contributed by atoms with Gasteiger partial charge in [0.05, 0.1) is 18.6 Å². The summed E-state index contributed by atoms with van der Waals surface area (Å²) < 4.78 is 42.2. The summed E-state index contributed by atoms with van der Waals surface area (Å²) in [6, 6.07) is 2.79. The molecule has 1 atom stereocenters. The Kier molecular flexibility index (Phi) is 4.98. The first kappa shape index (κ1) is 15.5. The van der Waals surface area contributed by atoms with Gasteiger partial charge in [-0.05, 0) is 24.3 Å². The fraction of sp³-hybridized carbons (Fsp3) is 0.364. The third kappa shape index (κ3) is 3.28. The van der Waals surface area contributed by atoms with Crippen molar-refractivity contribution in [3.8, 4) is 0 Å². The van der Waals surface area contributed by atoms with Crippen LogP contribution in [-0.2, 0) is 19.6 Å². The van der Waals surface area contributed by atoms with Crippen LogP contribution < -0.4 is 0 Å². The van der Waals surface area contributed by atoms with Crippen molar-refractivity contribution < 1.29 is 27.4 Å². The normalized spacial score (nSPS) is 13.3. The largest absolute Gasteiger partial charge is 0.468 e. The lowest BCUT2D eigenvalue weighted by Crippen LogP contribution is -2.45. The predicted molar refractivity (Wildman–Crippen MR) is 64.2 cm³/mol. The van der Waals surface area contributed by atoms with Crippen molar-refractivity contribution in [2.75, 3.05) is 20.8 Å². The van der Waals surface area contributed by atoms with Crippen molar-refractivity contribution in [3.05, 3.63) is 30.1 Å². The molecule has 1 aromatic rings. The first-order valence-corrected chi connectivity index (χ1v) is 6.71. The van der Waals surface area contributed by atoms with Gasteiger partial charge in [-0.2, -0.15) is 4.31 Å². The zero-order valence-corrected chi connectivity index (χ0v) is 11.2. The van der Waals surface area contributed by atoms with E-state index in [1.54, 1.807) is 0 Å². The molecule has 6 nitrogen and oxygen atoms in total. The molecule has 19 heavy (non-hydrogen) atoms. The molecule has 0 fully saturated rings. The number of nitrogens with zero attached hydrogens (tertiary/aromatic N) is 1. The maximum Gasteiger partial charge on any atom is 0.326 e. The van der Waals surface area contributed by atoms with Crippen molar-refractivity contribution >= 4 is 16.0 Å². The first-order chi connectivity index (χ1) is 8.84. The highest BCUT2D eigenvalue weighted by atomic mass is 32.2.